The van der Waals surface area contributed by atoms with Crippen LogP contribution in [0.3, 0.4) is 0 Å². The smallest absolute Gasteiger partial charge is 0.159 e. The van der Waals surface area contributed by atoms with E-state index in [4.69, 9.17) is 0 Å². The molecule has 1 atom stereocenters. The largest absolute Gasteiger partial charge is 0.316 e. The molecule has 0 aliphatic rings. The Kier molecular flexibility index (Phi) is 7.14. The molecule has 1 unspecified atom stereocenters. The molecule has 1 N–H and O–H groups in total. The summed E-state index contributed by atoms with van der Waals surface area (Å²) in [6.45, 7) is 8.33. The summed E-state index contributed by atoms with van der Waals surface area (Å²) >= 11 is 0. The van der Waals surface area contributed by atoms with Crippen LogP contribution in [0.4, 0.5) is 8.78 Å². The van der Waals surface area contributed by atoms with Gasteiger partial charge in [-0.2, -0.15) is 0 Å². The first-order valence-electron chi connectivity index (χ1n) is 7.71. The topological polar surface area (TPSA) is 12.0 Å². The van der Waals surface area contributed by atoms with Crippen molar-refractivity contribution in [2.45, 2.75) is 52.9 Å². The minimum absolute atomic E-state index is 0.135. The lowest BCUT2D eigenvalue weighted by Gasteiger charge is -2.33. The summed E-state index contributed by atoms with van der Waals surface area (Å²) < 4.78 is 26.4. The summed E-state index contributed by atoms with van der Waals surface area (Å²) in [5.41, 5.74) is 1.02. The fraction of sp³-hybridized carbons (Fsp3) is 0.647. The molecule has 0 fully saturated rings. The SMILES string of the molecule is CCCCC(CC)(CNCC)Cc1ccc(F)c(F)c1. The Morgan fingerprint density at radius 1 is 1.10 bits per heavy atom. The molecule has 114 valence electrons. The molecule has 0 radical (unpaired) electrons. The van der Waals surface area contributed by atoms with E-state index in [0.29, 0.717) is 0 Å². The molecule has 0 aliphatic heterocycles. The normalized spacial score (nSPS) is 14.2. The number of halogens is 2. The monoisotopic (exact) mass is 283 g/mol. The van der Waals surface area contributed by atoms with Crippen LogP contribution in [-0.2, 0) is 6.42 Å². The van der Waals surface area contributed by atoms with Crippen molar-refractivity contribution in [2.24, 2.45) is 5.41 Å². The van der Waals surface area contributed by atoms with E-state index in [1.807, 2.05) is 0 Å². The molecular weight excluding hydrogens is 256 g/mol. The summed E-state index contributed by atoms with van der Waals surface area (Å²) in [7, 11) is 0. The third-order valence-corrected chi connectivity index (χ3v) is 4.12. The maximum atomic E-state index is 13.4. The molecule has 20 heavy (non-hydrogen) atoms. The minimum Gasteiger partial charge on any atom is -0.316 e. The summed E-state index contributed by atoms with van der Waals surface area (Å²) in [4.78, 5) is 0. The second kappa shape index (κ2) is 8.35. The molecule has 1 aromatic carbocycles. The average Bonchev–Trinajstić information content (AvgIpc) is 2.46. The Balaban J connectivity index is 2.87. The maximum absolute atomic E-state index is 13.4. The molecule has 1 aromatic rings. The van der Waals surface area contributed by atoms with E-state index in [0.717, 1.165) is 44.3 Å². The third kappa shape index (κ3) is 4.86. The lowest BCUT2D eigenvalue weighted by molar-refractivity contribution is 0.230. The molecule has 0 saturated heterocycles. The lowest BCUT2D eigenvalue weighted by atomic mass is 9.75. The fourth-order valence-corrected chi connectivity index (χ4v) is 2.69. The quantitative estimate of drug-likeness (QED) is 0.692. The van der Waals surface area contributed by atoms with Crippen molar-refractivity contribution in [3.63, 3.8) is 0 Å². The molecule has 1 rings (SSSR count). The number of rotatable bonds is 9. The van der Waals surface area contributed by atoms with Crippen LogP contribution in [0.2, 0.25) is 0 Å². The molecule has 0 bridgehead atoms. The summed E-state index contributed by atoms with van der Waals surface area (Å²) in [5.74, 6) is -1.51. The van der Waals surface area contributed by atoms with Crippen molar-refractivity contribution >= 4 is 0 Å². The first-order chi connectivity index (χ1) is 9.56. The van der Waals surface area contributed by atoms with Gasteiger partial charge >= 0.3 is 0 Å². The van der Waals surface area contributed by atoms with Crippen molar-refractivity contribution < 1.29 is 8.78 Å². The van der Waals surface area contributed by atoms with Gasteiger partial charge in [0, 0.05) is 6.54 Å². The highest BCUT2D eigenvalue weighted by atomic mass is 19.2. The van der Waals surface area contributed by atoms with Gasteiger partial charge < -0.3 is 5.32 Å². The Bertz CT molecular complexity index is 396. The van der Waals surface area contributed by atoms with Crippen LogP contribution < -0.4 is 5.32 Å². The fourth-order valence-electron chi connectivity index (χ4n) is 2.69. The second-order valence-corrected chi connectivity index (χ2v) is 5.66. The van der Waals surface area contributed by atoms with Gasteiger partial charge in [0.15, 0.2) is 11.6 Å². The van der Waals surface area contributed by atoms with E-state index < -0.39 is 11.6 Å². The number of benzene rings is 1. The van der Waals surface area contributed by atoms with E-state index in [9.17, 15) is 8.78 Å². The summed E-state index contributed by atoms with van der Waals surface area (Å²) in [5, 5.41) is 3.43. The first kappa shape index (κ1) is 17.1. The Labute approximate surface area is 121 Å². The van der Waals surface area contributed by atoms with Crippen molar-refractivity contribution in [3.05, 3.63) is 35.4 Å². The molecule has 0 amide bonds. The predicted molar refractivity (Wildman–Crippen MR) is 80.9 cm³/mol. The Morgan fingerprint density at radius 2 is 1.85 bits per heavy atom. The number of hydrogen-bond donors (Lipinski definition) is 1. The van der Waals surface area contributed by atoms with Gasteiger partial charge in [0.2, 0.25) is 0 Å². The van der Waals surface area contributed by atoms with Crippen molar-refractivity contribution in [1.29, 1.82) is 0 Å². The molecular formula is C17H27F2N. The van der Waals surface area contributed by atoms with Gasteiger partial charge in [-0.3, -0.25) is 0 Å². The van der Waals surface area contributed by atoms with E-state index in [-0.39, 0.29) is 5.41 Å². The highest BCUT2D eigenvalue weighted by Gasteiger charge is 2.27. The van der Waals surface area contributed by atoms with Gasteiger partial charge in [0.25, 0.3) is 0 Å². The van der Waals surface area contributed by atoms with Crippen LogP contribution in [0.5, 0.6) is 0 Å². The standard InChI is InChI=1S/C17H27F2N/c1-4-7-10-17(5-2,13-20-6-3)12-14-8-9-15(18)16(19)11-14/h8-9,11,20H,4-7,10,12-13H2,1-3H3. The van der Waals surface area contributed by atoms with Gasteiger partial charge in [0.05, 0.1) is 0 Å². The van der Waals surface area contributed by atoms with E-state index >= 15 is 0 Å². The maximum Gasteiger partial charge on any atom is 0.159 e. The molecule has 0 spiro atoms. The Morgan fingerprint density at radius 3 is 2.40 bits per heavy atom. The van der Waals surface area contributed by atoms with Crippen molar-refractivity contribution in [3.8, 4) is 0 Å². The second-order valence-electron chi connectivity index (χ2n) is 5.66. The molecule has 0 aliphatic carbocycles. The van der Waals surface area contributed by atoms with Gasteiger partial charge in [-0.05, 0) is 48.9 Å². The van der Waals surface area contributed by atoms with Crippen LogP contribution in [-0.4, -0.2) is 13.1 Å². The van der Waals surface area contributed by atoms with E-state index in [1.165, 1.54) is 18.6 Å². The first-order valence-corrected chi connectivity index (χ1v) is 7.71. The number of unbranched alkanes of at least 4 members (excludes halogenated alkanes) is 1. The van der Waals surface area contributed by atoms with Crippen molar-refractivity contribution in [1.82, 2.24) is 5.32 Å². The van der Waals surface area contributed by atoms with E-state index in [1.54, 1.807) is 6.07 Å². The average molecular weight is 283 g/mol. The molecule has 0 saturated carbocycles. The van der Waals surface area contributed by atoms with Gasteiger partial charge in [-0.25, -0.2) is 8.78 Å². The van der Waals surface area contributed by atoms with Gasteiger partial charge in [-0.15, -0.1) is 0 Å². The van der Waals surface area contributed by atoms with Crippen LogP contribution in [0.15, 0.2) is 18.2 Å². The minimum atomic E-state index is -0.768. The zero-order valence-corrected chi connectivity index (χ0v) is 12.9. The number of hydrogen-bond acceptors (Lipinski definition) is 1. The molecule has 1 nitrogen and oxygen atoms in total. The van der Waals surface area contributed by atoms with Crippen LogP contribution in [0, 0.1) is 17.0 Å². The molecule has 3 heteroatoms. The highest BCUT2D eigenvalue weighted by Crippen LogP contribution is 2.33. The lowest BCUT2D eigenvalue weighted by Crippen LogP contribution is -2.36. The zero-order chi connectivity index (χ0) is 15.0. The predicted octanol–water partition coefficient (Wildman–Crippen LogP) is 4.70. The number of nitrogens with one attached hydrogen (secondary N) is 1. The summed E-state index contributed by atoms with van der Waals surface area (Å²) in [6, 6.07) is 4.29. The molecule has 0 heterocycles. The van der Waals surface area contributed by atoms with Crippen LogP contribution in [0.1, 0.15) is 52.0 Å². The van der Waals surface area contributed by atoms with Gasteiger partial charge in [-0.1, -0.05) is 39.7 Å². The van der Waals surface area contributed by atoms with Gasteiger partial charge in [0.1, 0.15) is 0 Å². The zero-order valence-electron chi connectivity index (χ0n) is 12.9. The third-order valence-electron chi connectivity index (χ3n) is 4.12. The van der Waals surface area contributed by atoms with E-state index in [2.05, 4.69) is 26.1 Å². The Hall–Kier alpha value is -0.960. The summed E-state index contributed by atoms with van der Waals surface area (Å²) in [6.07, 6.45) is 5.28. The van der Waals surface area contributed by atoms with Crippen LogP contribution in [0.25, 0.3) is 0 Å². The highest BCUT2D eigenvalue weighted by molar-refractivity contribution is 5.19. The van der Waals surface area contributed by atoms with Crippen LogP contribution >= 0.6 is 0 Å². The molecule has 0 aromatic heterocycles. The van der Waals surface area contributed by atoms with Crippen molar-refractivity contribution in [2.75, 3.05) is 13.1 Å².